The van der Waals surface area contributed by atoms with Gasteiger partial charge in [0.15, 0.2) is 5.78 Å². The van der Waals surface area contributed by atoms with Crippen LogP contribution in [0.4, 0.5) is 5.69 Å². The second kappa shape index (κ2) is 8.00. The number of Topliss-reactive ketones (excluding diaryl/α,β-unsaturated/α-hetero) is 1. The molecule has 3 rings (SSSR count). The van der Waals surface area contributed by atoms with Crippen LogP contribution in [-0.2, 0) is 4.79 Å². The highest BCUT2D eigenvalue weighted by atomic mass is 127. The van der Waals surface area contributed by atoms with Gasteiger partial charge in [-0.3, -0.25) is 4.79 Å². The Bertz CT molecular complexity index is 831. The molecular formula is C22H22INO. The maximum Gasteiger partial charge on any atom is 0.185 e. The summed E-state index contributed by atoms with van der Waals surface area (Å²) in [5, 5.41) is 0. The van der Waals surface area contributed by atoms with Crippen molar-refractivity contribution in [2.45, 2.75) is 19.3 Å². The van der Waals surface area contributed by atoms with Crippen LogP contribution in [0.2, 0.25) is 0 Å². The minimum absolute atomic E-state index is 0.196. The lowest BCUT2D eigenvalue weighted by Crippen LogP contribution is -2.12. The Hall–Kier alpha value is -1.88. The predicted octanol–water partition coefficient (Wildman–Crippen LogP) is 5.58. The zero-order valence-electron chi connectivity index (χ0n) is 14.6. The Balaban J connectivity index is 1.84. The minimum atomic E-state index is 0.196. The van der Waals surface area contributed by atoms with E-state index in [4.69, 9.17) is 0 Å². The quantitative estimate of drug-likeness (QED) is 0.456. The molecule has 1 aliphatic carbocycles. The fourth-order valence-electron chi connectivity index (χ4n) is 3.05. The first-order valence-corrected chi connectivity index (χ1v) is 9.59. The van der Waals surface area contributed by atoms with Crippen molar-refractivity contribution in [2.24, 2.45) is 0 Å². The van der Waals surface area contributed by atoms with Crippen LogP contribution in [0.15, 0.2) is 59.7 Å². The molecule has 25 heavy (non-hydrogen) atoms. The van der Waals surface area contributed by atoms with Gasteiger partial charge in [0.2, 0.25) is 0 Å². The highest BCUT2D eigenvalue weighted by Gasteiger charge is 2.20. The SMILES string of the molecule is CN(C)c1ccc(C=C2CCCC(=Cc3cccc(I)c3)C2=O)cc1. The van der Waals surface area contributed by atoms with Crippen LogP contribution in [0.3, 0.4) is 0 Å². The summed E-state index contributed by atoms with van der Waals surface area (Å²) in [5.74, 6) is 0.196. The summed E-state index contributed by atoms with van der Waals surface area (Å²) < 4.78 is 1.19. The fourth-order valence-corrected chi connectivity index (χ4v) is 3.61. The summed E-state index contributed by atoms with van der Waals surface area (Å²) in [4.78, 5) is 14.9. The van der Waals surface area contributed by atoms with Gasteiger partial charge in [0.05, 0.1) is 0 Å². The highest BCUT2D eigenvalue weighted by molar-refractivity contribution is 14.1. The molecule has 0 aliphatic heterocycles. The Morgan fingerprint density at radius 1 is 0.920 bits per heavy atom. The number of hydrogen-bond donors (Lipinski definition) is 0. The molecule has 3 heteroatoms. The maximum absolute atomic E-state index is 12.8. The minimum Gasteiger partial charge on any atom is -0.378 e. The van der Waals surface area contributed by atoms with Crippen LogP contribution in [0.25, 0.3) is 12.2 Å². The molecule has 0 unspecified atom stereocenters. The number of allylic oxidation sites excluding steroid dienone is 2. The summed E-state index contributed by atoms with van der Waals surface area (Å²) in [6.45, 7) is 0. The smallest absolute Gasteiger partial charge is 0.185 e. The van der Waals surface area contributed by atoms with Gasteiger partial charge in [-0.1, -0.05) is 24.3 Å². The highest BCUT2D eigenvalue weighted by Crippen LogP contribution is 2.28. The van der Waals surface area contributed by atoms with Crippen LogP contribution in [-0.4, -0.2) is 19.9 Å². The van der Waals surface area contributed by atoms with Gasteiger partial charge < -0.3 is 4.90 Å². The Morgan fingerprint density at radius 3 is 2.16 bits per heavy atom. The van der Waals surface area contributed by atoms with Crippen molar-refractivity contribution in [1.82, 2.24) is 0 Å². The zero-order chi connectivity index (χ0) is 17.8. The third kappa shape index (κ3) is 4.60. The summed E-state index contributed by atoms with van der Waals surface area (Å²) >= 11 is 2.30. The monoisotopic (exact) mass is 443 g/mol. The summed E-state index contributed by atoms with van der Waals surface area (Å²) in [5.41, 5.74) is 5.19. The molecule has 0 radical (unpaired) electrons. The van der Waals surface area contributed by atoms with Gasteiger partial charge in [-0.05, 0) is 89.4 Å². The van der Waals surface area contributed by atoms with Crippen molar-refractivity contribution >= 4 is 46.2 Å². The number of halogens is 1. The number of carbonyl (C=O) groups is 1. The molecule has 0 saturated heterocycles. The van der Waals surface area contributed by atoms with Crippen molar-refractivity contribution in [3.05, 3.63) is 74.4 Å². The van der Waals surface area contributed by atoms with E-state index in [0.29, 0.717) is 0 Å². The van der Waals surface area contributed by atoms with Gasteiger partial charge in [0.25, 0.3) is 0 Å². The zero-order valence-corrected chi connectivity index (χ0v) is 16.8. The van der Waals surface area contributed by atoms with Crippen molar-refractivity contribution in [3.8, 4) is 0 Å². The standard InChI is InChI=1S/C22H22INO/c1-24(2)21-11-9-16(10-12-21)13-18-6-4-7-19(22(18)25)14-17-5-3-8-20(23)15-17/h3,5,8-15H,4,6-7H2,1-2H3. The van der Waals surface area contributed by atoms with E-state index in [-0.39, 0.29) is 5.78 Å². The second-order valence-electron chi connectivity index (χ2n) is 6.56. The summed E-state index contributed by atoms with van der Waals surface area (Å²) in [6, 6.07) is 16.6. The van der Waals surface area contributed by atoms with Crippen LogP contribution >= 0.6 is 22.6 Å². The molecular weight excluding hydrogens is 421 g/mol. The van der Waals surface area contributed by atoms with E-state index in [1.54, 1.807) is 0 Å². The van der Waals surface area contributed by atoms with E-state index < -0.39 is 0 Å². The van der Waals surface area contributed by atoms with Gasteiger partial charge in [-0.25, -0.2) is 0 Å². The Labute approximate surface area is 163 Å². The number of anilines is 1. The number of hydrogen-bond acceptors (Lipinski definition) is 2. The lowest BCUT2D eigenvalue weighted by molar-refractivity contribution is -0.112. The first kappa shape index (κ1) is 17.9. The molecule has 1 saturated carbocycles. The van der Waals surface area contributed by atoms with Crippen molar-refractivity contribution in [2.75, 3.05) is 19.0 Å². The Kier molecular flexibility index (Phi) is 5.74. The molecule has 0 aromatic heterocycles. The summed E-state index contributed by atoms with van der Waals surface area (Å²) in [7, 11) is 4.06. The number of ketones is 1. The van der Waals surface area contributed by atoms with Crippen LogP contribution in [0.1, 0.15) is 30.4 Å². The van der Waals surface area contributed by atoms with E-state index in [2.05, 4.69) is 70.0 Å². The molecule has 1 fully saturated rings. The van der Waals surface area contributed by atoms with Crippen LogP contribution < -0.4 is 4.90 Å². The van der Waals surface area contributed by atoms with Crippen LogP contribution in [0.5, 0.6) is 0 Å². The van der Waals surface area contributed by atoms with E-state index in [1.165, 1.54) is 3.57 Å². The molecule has 0 heterocycles. The number of benzene rings is 2. The largest absolute Gasteiger partial charge is 0.378 e. The molecule has 0 spiro atoms. The predicted molar refractivity (Wildman–Crippen MR) is 115 cm³/mol. The first-order valence-electron chi connectivity index (χ1n) is 8.52. The van der Waals surface area contributed by atoms with Crippen molar-refractivity contribution in [3.63, 3.8) is 0 Å². The third-order valence-corrected chi connectivity index (χ3v) is 5.09. The molecule has 2 aromatic carbocycles. The first-order chi connectivity index (χ1) is 12.0. The molecule has 0 N–H and O–H groups in total. The third-order valence-electron chi connectivity index (χ3n) is 4.42. The molecule has 2 aromatic rings. The summed E-state index contributed by atoms with van der Waals surface area (Å²) in [6.07, 6.45) is 6.85. The van der Waals surface area contributed by atoms with Gasteiger partial charge in [-0.2, -0.15) is 0 Å². The van der Waals surface area contributed by atoms with Gasteiger partial charge in [-0.15, -0.1) is 0 Å². The van der Waals surface area contributed by atoms with E-state index in [1.807, 2.05) is 32.3 Å². The average Bonchev–Trinajstić information content (AvgIpc) is 2.59. The molecule has 0 atom stereocenters. The Morgan fingerprint density at radius 2 is 1.56 bits per heavy atom. The number of rotatable bonds is 3. The van der Waals surface area contributed by atoms with Crippen molar-refractivity contribution in [1.29, 1.82) is 0 Å². The van der Waals surface area contributed by atoms with Gasteiger partial charge >= 0.3 is 0 Å². The van der Waals surface area contributed by atoms with Gasteiger partial charge in [0.1, 0.15) is 0 Å². The number of nitrogens with zero attached hydrogens (tertiary/aromatic N) is 1. The average molecular weight is 443 g/mol. The van der Waals surface area contributed by atoms with E-state index in [0.717, 1.165) is 47.2 Å². The second-order valence-corrected chi connectivity index (χ2v) is 7.81. The van der Waals surface area contributed by atoms with Gasteiger partial charge in [0, 0.05) is 34.5 Å². The maximum atomic E-state index is 12.8. The molecule has 1 aliphatic rings. The van der Waals surface area contributed by atoms with E-state index >= 15 is 0 Å². The van der Waals surface area contributed by atoms with Crippen LogP contribution in [0, 0.1) is 3.57 Å². The number of carbonyl (C=O) groups excluding carboxylic acids is 1. The molecule has 2 nitrogen and oxygen atoms in total. The fraction of sp³-hybridized carbons (Fsp3) is 0.227. The van der Waals surface area contributed by atoms with E-state index in [9.17, 15) is 4.79 Å². The van der Waals surface area contributed by atoms with Crippen molar-refractivity contribution < 1.29 is 4.79 Å². The topological polar surface area (TPSA) is 20.3 Å². The molecule has 0 amide bonds. The molecule has 0 bridgehead atoms. The normalized spacial score (nSPS) is 18.0. The lowest BCUT2D eigenvalue weighted by atomic mass is 9.87. The molecule has 128 valence electrons. The lowest BCUT2D eigenvalue weighted by Gasteiger charge is -2.17.